The largest absolute Gasteiger partial charge is 0.488 e. The standard InChI is InChI=1S/C50H64N8O8/c1-9-25(2)44(56(7)50(62)63)48(60)58-27(4)10-16-39(58)45-51-23-38(53-45)31-12-14-34-33(20-31)24-65-41-22-35-30(21-36(34)41)13-15-37-43(35)54-46(52-37)40-17-11-26(3)57(40)47(59)42(55-49(61)64-8)32-18-28(5)66-29(6)19-32/h12,14,20-23,25-29,32,39-40,42,44H,9-11,13,15-19,24H2,1-8H3,(H,51,53)(H,52,54)(H,55,61)(H,62,63)/t25-,26-,27-,28+,29+,39-,40-,42-,44-/m0/s1. The van der Waals surface area contributed by atoms with Crippen LogP contribution in [0.1, 0.15) is 127 Å². The number of aromatic nitrogens is 4. The monoisotopic (exact) mass is 904 g/mol. The van der Waals surface area contributed by atoms with Crippen LogP contribution in [0.4, 0.5) is 9.59 Å². The fourth-order valence-corrected chi connectivity index (χ4v) is 11.6. The Balaban J connectivity index is 0.947. The second-order valence-electron chi connectivity index (χ2n) is 19.5. The van der Waals surface area contributed by atoms with Crippen LogP contribution in [0.3, 0.4) is 0 Å². The Kier molecular flexibility index (Phi) is 12.4. The molecule has 3 fully saturated rings. The SMILES string of the molecule is CC[C@H](C)[C@@H](C(=O)N1[C@@H](C)CC[C@H]1c1ncc(-c2ccc3c(c2)COc2cc4c(cc2-3)CCc2[nH]c([C@@H]3CC[C@H](C)N3C(=O)[C@@H](NC(=O)OC)C3C[C@@H](C)O[C@H](C)C3)nc2-4)[nH]1)N(C)C(=O)O. The highest BCUT2D eigenvalue weighted by molar-refractivity contribution is 5.88. The number of rotatable bonds is 10. The number of nitrogens with zero attached hydrogens (tertiary/aromatic N) is 5. The molecule has 4 N–H and O–H groups in total. The zero-order chi connectivity index (χ0) is 46.7. The third-order valence-corrected chi connectivity index (χ3v) is 15.1. The van der Waals surface area contributed by atoms with Crippen molar-refractivity contribution in [3.63, 3.8) is 0 Å². The molecule has 2 aromatic carbocycles. The summed E-state index contributed by atoms with van der Waals surface area (Å²) < 4.78 is 17.5. The Morgan fingerprint density at radius 1 is 0.894 bits per heavy atom. The second kappa shape index (κ2) is 18.1. The van der Waals surface area contributed by atoms with E-state index < -0.39 is 24.3 Å². The molecule has 66 heavy (non-hydrogen) atoms. The van der Waals surface area contributed by atoms with Crippen molar-refractivity contribution in [3.05, 3.63) is 65.0 Å². The number of carbonyl (C=O) groups is 4. The smallest absolute Gasteiger partial charge is 0.407 e. The first kappa shape index (κ1) is 45.3. The molecule has 16 nitrogen and oxygen atoms in total. The van der Waals surface area contributed by atoms with E-state index in [0.29, 0.717) is 31.7 Å². The molecule has 6 heterocycles. The molecule has 0 spiro atoms. The predicted octanol–water partition coefficient (Wildman–Crippen LogP) is 8.18. The molecule has 9 atom stereocenters. The number of likely N-dealkylation sites (tertiary alicyclic amines) is 2. The number of alkyl carbamates (subject to hydrolysis) is 1. The van der Waals surface area contributed by atoms with Crippen molar-refractivity contribution in [2.75, 3.05) is 14.2 Å². The molecule has 4 amide bonds. The normalized spacial score (nSPS) is 25.7. The number of hydrogen-bond acceptors (Lipinski definition) is 9. The summed E-state index contributed by atoms with van der Waals surface area (Å²) in [5.41, 5.74) is 9.13. The van der Waals surface area contributed by atoms with Crippen LogP contribution >= 0.6 is 0 Å². The van der Waals surface area contributed by atoms with Gasteiger partial charge in [-0.2, -0.15) is 0 Å². The van der Waals surface area contributed by atoms with E-state index in [-0.39, 0.29) is 60.0 Å². The average Bonchev–Trinajstić information content (AvgIpc) is 4.12. The topological polar surface area (TPSA) is 195 Å². The number of aromatic amines is 2. The number of carbonyl (C=O) groups excluding carboxylic acids is 3. The Morgan fingerprint density at radius 3 is 2.27 bits per heavy atom. The van der Waals surface area contributed by atoms with Crippen LogP contribution in [0, 0.1) is 11.8 Å². The minimum absolute atomic E-state index is 0.0295. The highest BCUT2D eigenvalue weighted by Gasteiger charge is 2.46. The summed E-state index contributed by atoms with van der Waals surface area (Å²) in [6, 6.07) is 8.55. The Labute approximate surface area is 386 Å². The number of likely N-dealkylation sites (N-methyl/N-ethyl adjacent to an activating group) is 1. The van der Waals surface area contributed by atoms with E-state index in [1.165, 1.54) is 19.7 Å². The fourth-order valence-electron chi connectivity index (χ4n) is 11.6. The van der Waals surface area contributed by atoms with Crippen molar-refractivity contribution < 1.29 is 38.5 Å². The van der Waals surface area contributed by atoms with Crippen molar-refractivity contribution in [3.8, 4) is 39.4 Å². The number of amides is 4. The van der Waals surface area contributed by atoms with Crippen LogP contribution < -0.4 is 10.1 Å². The molecular weight excluding hydrogens is 841 g/mol. The molecule has 352 valence electrons. The summed E-state index contributed by atoms with van der Waals surface area (Å²) in [4.78, 5) is 75.5. The van der Waals surface area contributed by atoms with E-state index in [1.54, 1.807) is 0 Å². The number of H-pyrrole nitrogens is 2. The van der Waals surface area contributed by atoms with Gasteiger partial charge in [0.15, 0.2) is 0 Å². The van der Waals surface area contributed by atoms with Gasteiger partial charge in [-0.25, -0.2) is 19.6 Å². The molecule has 9 rings (SSSR count). The number of fused-ring (bicyclic) bond motifs is 6. The fraction of sp³-hybridized carbons (Fsp3) is 0.560. The van der Waals surface area contributed by atoms with Gasteiger partial charge in [0.1, 0.15) is 36.1 Å². The van der Waals surface area contributed by atoms with Crippen LogP contribution in [0.5, 0.6) is 5.75 Å². The van der Waals surface area contributed by atoms with E-state index in [0.717, 1.165) is 99.9 Å². The lowest BCUT2D eigenvalue weighted by Crippen LogP contribution is -2.55. The minimum atomic E-state index is -1.12. The van der Waals surface area contributed by atoms with Gasteiger partial charge in [-0.15, -0.1) is 0 Å². The van der Waals surface area contributed by atoms with Crippen molar-refractivity contribution in [1.29, 1.82) is 0 Å². The summed E-state index contributed by atoms with van der Waals surface area (Å²) in [5, 5.41) is 12.7. The molecule has 5 aliphatic rings. The second-order valence-corrected chi connectivity index (χ2v) is 19.5. The molecule has 16 heteroatoms. The maximum Gasteiger partial charge on any atom is 0.407 e. The molecule has 3 saturated heterocycles. The maximum atomic E-state index is 14.6. The van der Waals surface area contributed by atoms with Crippen molar-refractivity contribution in [2.45, 2.75) is 154 Å². The van der Waals surface area contributed by atoms with Crippen molar-refractivity contribution in [2.24, 2.45) is 11.8 Å². The molecular formula is C50H64N8O8. The third-order valence-electron chi connectivity index (χ3n) is 15.1. The van der Waals surface area contributed by atoms with E-state index in [4.69, 9.17) is 24.2 Å². The zero-order valence-corrected chi connectivity index (χ0v) is 39.3. The molecule has 1 aliphatic carbocycles. The lowest BCUT2D eigenvalue weighted by atomic mass is 9.85. The first-order valence-electron chi connectivity index (χ1n) is 23.8. The number of methoxy groups -OCH3 is 1. The first-order chi connectivity index (χ1) is 31.6. The number of imidazole rings is 2. The van der Waals surface area contributed by atoms with Gasteiger partial charge in [-0.1, -0.05) is 32.4 Å². The molecule has 4 aliphatic heterocycles. The highest BCUT2D eigenvalue weighted by Crippen LogP contribution is 2.46. The Hall–Kier alpha value is -5.90. The number of hydrogen-bond donors (Lipinski definition) is 4. The summed E-state index contributed by atoms with van der Waals surface area (Å²) in [6.07, 6.45) is 6.71. The third kappa shape index (κ3) is 8.19. The van der Waals surface area contributed by atoms with E-state index in [2.05, 4.69) is 52.5 Å². The zero-order valence-electron chi connectivity index (χ0n) is 39.3. The Bertz CT molecular complexity index is 2510. The van der Waals surface area contributed by atoms with E-state index in [9.17, 15) is 24.3 Å². The summed E-state index contributed by atoms with van der Waals surface area (Å²) >= 11 is 0. The van der Waals surface area contributed by atoms with Crippen LogP contribution in [-0.2, 0) is 38.5 Å². The van der Waals surface area contributed by atoms with Crippen LogP contribution in [0.15, 0.2) is 36.5 Å². The molecule has 2 aromatic heterocycles. The molecule has 4 aromatic rings. The van der Waals surface area contributed by atoms with Crippen LogP contribution in [0.2, 0.25) is 0 Å². The lowest BCUT2D eigenvalue weighted by Gasteiger charge is -2.39. The number of benzene rings is 2. The number of carboxylic acid groups (broad SMARTS) is 1. The minimum Gasteiger partial charge on any atom is -0.488 e. The van der Waals surface area contributed by atoms with Crippen LogP contribution in [0.25, 0.3) is 33.6 Å². The highest BCUT2D eigenvalue weighted by atomic mass is 16.5. The van der Waals surface area contributed by atoms with Gasteiger partial charge in [0.2, 0.25) is 11.8 Å². The van der Waals surface area contributed by atoms with E-state index in [1.807, 2.05) is 50.6 Å². The van der Waals surface area contributed by atoms with Gasteiger partial charge in [0, 0.05) is 36.0 Å². The molecule has 0 radical (unpaired) electrons. The number of aryl methyl sites for hydroxylation is 2. The quantitative estimate of drug-likeness (QED) is 0.121. The van der Waals surface area contributed by atoms with Gasteiger partial charge in [-0.05, 0) is 131 Å². The van der Waals surface area contributed by atoms with E-state index >= 15 is 0 Å². The average molecular weight is 905 g/mol. The summed E-state index contributed by atoms with van der Waals surface area (Å²) in [7, 11) is 2.80. The van der Waals surface area contributed by atoms with Crippen molar-refractivity contribution >= 4 is 24.0 Å². The van der Waals surface area contributed by atoms with Gasteiger partial charge in [0.05, 0.1) is 49.0 Å². The Morgan fingerprint density at radius 2 is 1.59 bits per heavy atom. The first-order valence-corrected chi connectivity index (χ1v) is 23.8. The number of nitrogens with one attached hydrogen (secondary N) is 3. The summed E-state index contributed by atoms with van der Waals surface area (Å²) in [5.74, 6) is 1.70. The van der Waals surface area contributed by atoms with Gasteiger partial charge < -0.3 is 44.4 Å². The predicted molar refractivity (Wildman–Crippen MR) is 246 cm³/mol. The van der Waals surface area contributed by atoms with Gasteiger partial charge in [-0.3, -0.25) is 14.5 Å². The number of ether oxygens (including phenoxy) is 3. The van der Waals surface area contributed by atoms with Crippen LogP contribution in [-0.4, -0.2) is 114 Å². The maximum absolute atomic E-state index is 14.6. The summed E-state index contributed by atoms with van der Waals surface area (Å²) in [6.45, 7) is 12.4. The van der Waals surface area contributed by atoms with Crippen molar-refractivity contribution in [1.82, 2.24) is 40.0 Å². The molecule has 0 unspecified atom stereocenters. The molecule has 0 bridgehead atoms. The molecule has 0 saturated carbocycles. The van der Waals surface area contributed by atoms with Gasteiger partial charge >= 0.3 is 12.2 Å². The lowest BCUT2D eigenvalue weighted by molar-refractivity contribution is -0.141. The van der Waals surface area contributed by atoms with Gasteiger partial charge in [0.25, 0.3) is 0 Å².